The van der Waals surface area contributed by atoms with Gasteiger partial charge in [-0.05, 0) is 25.8 Å². The number of ether oxygens (including phenoxy) is 1. The maximum Gasteiger partial charge on any atom is 0.421 e. The molecule has 106 valence electrons. The van der Waals surface area contributed by atoms with Crippen molar-refractivity contribution in [1.82, 2.24) is 14.3 Å². The number of carbonyl (C=O) groups is 1. The average molecular weight is 279 g/mol. The highest BCUT2D eigenvalue weighted by molar-refractivity contribution is 7.87. The molecular formula is C10H21N3O4S. The standard InChI is InChI=1S/C10H21N3O4S/c1-13(18(15,16)12-10(14)17-2)8-6-9-5-3-4-7-11-9/h9,11H,3-8H2,1-2H3,(H,12,14). The number of methoxy groups -OCH3 is 1. The Kier molecular flexibility index (Phi) is 5.83. The van der Waals surface area contributed by atoms with Crippen LogP contribution in [0.4, 0.5) is 4.79 Å². The Morgan fingerprint density at radius 2 is 2.22 bits per heavy atom. The van der Waals surface area contributed by atoms with Gasteiger partial charge in [0.05, 0.1) is 7.11 Å². The molecule has 1 rings (SSSR count). The molecule has 0 spiro atoms. The van der Waals surface area contributed by atoms with Crippen molar-refractivity contribution in [3.63, 3.8) is 0 Å². The van der Waals surface area contributed by atoms with E-state index in [1.165, 1.54) is 19.9 Å². The molecule has 1 aliphatic heterocycles. The molecule has 1 atom stereocenters. The lowest BCUT2D eigenvalue weighted by Crippen LogP contribution is -2.44. The first-order valence-corrected chi connectivity index (χ1v) is 7.45. The first-order chi connectivity index (χ1) is 8.45. The summed E-state index contributed by atoms with van der Waals surface area (Å²) in [4.78, 5) is 10.9. The lowest BCUT2D eigenvalue weighted by molar-refractivity contribution is 0.177. The smallest absolute Gasteiger partial charge is 0.421 e. The normalized spacial score (nSPS) is 20.7. The topological polar surface area (TPSA) is 87.7 Å². The molecule has 8 heteroatoms. The summed E-state index contributed by atoms with van der Waals surface area (Å²) in [5, 5.41) is 3.34. The second-order valence-electron chi connectivity index (χ2n) is 4.36. The van der Waals surface area contributed by atoms with E-state index in [0.29, 0.717) is 12.6 Å². The molecule has 1 aliphatic rings. The Labute approximate surface area is 108 Å². The molecule has 0 aliphatic carbocycles. The number of rotatable bonds is 5. The van der Waals surface area contributed by atoms with E-state index in [4.69, 9.17) is 0 Å². The molecule has 1 amide bonds. The van der Waals surface area contributed by atoms with Crippen LogP contribution in [0.5, 0.6) is 0 Å². The van der Waals surface area contributed by atoms with Gasteiger partial charge in [-0.3, -0.25) is 0 Å². The minimum Gasteiger partial charge on any atom is -0.452 e. The number of piperidine rings is 1. The molecule has 0 aromatic heterocycles. The summed E-state index contributed by atoms with van der Waals surface area (Å²) in [5.74, 6) is 0. The largest absolute Gasteiger partial charge is 0.452 e. The van der Waals surface area contributed by atoms with Gasteiger partial charge >= 0.3 is 16.3 Å². The molecule has 0 radical (unpaired) electrons. The molecule has 18 heavy (non-hydrogen) atoms. The molecule has 0 aromatic carbocycles. The maximum absolute atomic E-state index is 11.7. The number of hydrogen-bond acceptors (Lipinski definition) is 5. The van der Waals surface area contributed by atoms with Crippen LogP contribution in [0.2, 0.25) is 0 Å². The van der Waals surface area contributed by atoms with Gasteiger partial charge in [0.2, 0.25) is 0 Å². The van der Waals surface area contributed by atoms with Crippen LogP contribution in [-0.2, 0) is 14.9 Å². The zero-order chi connectivity index (χ0) is 13.6. The highest BCUT2D eigenvalue weighted by Crippen LogP contribution is 2.11. The molecule has 1 fully saturated rings. The van der Waals surface area contributed by atoms with Crippen molar-refractivity contribution in [2.24, 2.45) is 0 Å². The highest BCUT2D eigenvalue weighted by atomic mass is 32.2. The second-order valence-corrected chi connectivity index (χ2v) is 6.13. The molecule has 1 heterocycles. The summed E-state index contributed by atoms with van der Waals surface area (Å²) in [5.41, 5.74) is 0. The number of nitrogens with zero attached hydrogens (tertiary/aromatic N) is 1. The van der Waals surface area contributed by atoms with Crippen molar-refractivity contribution in [3.8, 4) is 0 Å². The Morgan fingerprint density at radius 3 is 2.78 bits per heavy atom. The van der Waals surface area contributed by atoms with E-state index < -0.39 is 16.3 Å². The van der Waals surface area contributed by atoms with Crippen molar-refractivity contribution in [3.05, 3.63) is 0 Å². The molecule has 1 unspecified atom stereocenters. The van der Waals surface area contributed by atoms with E-state index in [0.717, 1.165) is 30.8 Å². The molecule has 2 N–H and O–H groups in total. The second kappa shape index (κ2) is 6.91. The third-order valence-corrected chi connectivity index (χ3v) is 4.44. The predicted octanol–water partition coefficient (Wildman–Crippen LogP) is 0.0512. The van der Waals surface area contributed by atoms with Gasteiger partial charge in [0.15, 0.2) is 0 Å². The lowest BCUT2D eigenvalue weighted by atomic mass is 10.0. The zero-order valence-corrected chi connectivity index (χ0v) is 11.6. The number of amides is 1. The average Bonchev–Trinajstić information content (AvgIpc) is 2.36. The van der Waals surface area contributed by atoms with Crippen LogP contribution in [0, 0.1) is 0 Å². The third-order valence-electron chi connectivity index (χ3n) is 3.01. The summed E-state index contributed by atoms with van der Waals surface area (Å²) in [6.45, 7) is 1.35. The van der Waals surface area contributed by atoms with Gasteiger partial charge in [-0.2, -0.15) is 12.7 Å². The van der Waals surface area contributed by atoms with Gasteiger partial charge in [0.1, 0.15) is 0 Å². The van der Waals surface area contributed by atoms with Gasteiger partial charge in [-0.25, -0.2) is 9.52 Å². The van der Waals surface area contributed by atoms with Crippen molar-refractivity contribution in [2.75, 3.05) is 27.2 Å². The summed E-state index contributed by atoms with van der Waals surface area (Å²) in [6, 6.07) is 0.356. The minimum absolute atomic E-state index is 0.356. The van der Waals surface area contributed by atoms with Gasteiger partial charge in [-0.15, -0.1) is 0 Å². The number of hydrogen-bond donors (Lipinski definition) is 2. The third kappa shape index (κ3) is 4.79. The monoisotopic (exact) mass is 279 g/mol. The fourth-order valence-electron chi connectivity index (χ4n) is 1.85. The molecule has 7 nitrogen and oxygen atoms in total. The summed E-state index contributed by atoms with van der Waals surface area (Å²) in [6.07, 6.45) is 3.18. The van der Waals surface area contributed by atoms with Gasteiger partial charge in [0, 0.05) is 19.6 Å². The van der Waals surface area contributed by atoms with Crippen LogP contribution in [0.25, 0.3) is 0 Å². The van der Waals surface area contributed by atoms with Gasteiger partial charge in [-0.1, -0.05) is 6.42 Å². The van der Waals surface area contributed by atoms with Crippen LogP contribution in [0.1, 0.15) is 25.7 Å². The number of carbonyl (C=O) groups excluding carboxylic acids is 1. The van der Waals surface area contributed by atoms with Crippen molar-refractivity contribution in [1.29, 1.82) is 0 Å². The summed E-state index contributed by atoms with van der Waals surface area (Å²) >= 11 is 0. The van der Waals surface area contributed by atoms with Gasteiger partial charge in [0.25, 0.3) is 0 Å². The highest BCUT2D eigenvalue weighted by Gasteiger charge is 2.22. The van der Waals surface area contributed by atoms with Crippen LogP contribution in [-0.4, -0.2) is 52.1 Å². The van der Waals surface area contributed by atoms with E-state index in [1.807, 2.05) is 4.72 Å². The van der Waals surface area contributed by atoms with Crippen LogP contribution in [0.15, 0.2) is 0 Å². The van der Waals surface area contributed by atoms with Gasteiger partial charge < -0.3 is 10.1 Å². The van der Waals surface area contributed by atoms with Crippen LogP contribution in [0.3, 0.4) is 0 Å². The van der Waals surface area contributed by atoms with E-state index in [-0.39, 0.29) is 0 Å². The molecule has 0 bridgehead atoms. The number of nitrogens with one attached hydrogen (secondary N) is 2. The fourth-order valence-corrected chi connectivity index (χ4v) is 2.65. The Bertz CT molecular complexity index is 365. The fraction of sp³-hybridized carbons (Fsp3) is 0.900. The van der Waals surface area contributed by atoms with Crippen molar-refractivity contribution in [2.45, 2.75) is 31.7 Å². The van der Waals surface area contributed by atoms with E-state index in [1.54, 1.807) is 0 Å². The summed E-state index contributed by atoms with van der Waals surface area (Å²) < 4.78 is 30.5. The Hall–Kier alpha value is -0.860. The molecule has 1 saturated heterocycles. The van der Waals surface area contributed by atoms with Crippen molar-refractivity contribution >= 4 is 16.3 Å². The Morgan fingerprint density at radius 1 is 1.50 bits per heavy atom. The maximum atomic E-state index is 11.7. The predicted molar refractivity (Wildman–Crippen MR) is 67.3 cm³/mol. The van der Waals surface area contributed by atoms with E-state index >= 15 is 0 Å². The lowest BCUT2D eigenvalue weighted by Gasteiger charge is -2.25. The molecular weight excluding hydrogens is 258 g/mol. The molecule has 0 aromatic rings. The quantitative estimate of drug-likeness (QED) is 0.742. The first kappa shape index (κ1) is 15.2. The first-order valence-electron chi connectivity index (χ1n) is 6.01. The van der Waals surface area contributed by atoms with Crippen molar-refractivity contribution < 1.29 is 17.9 Å². The minimum atomic E-state index is -3.79. The zero-order valence-electron chi connectivity index (χ0n) is 10.8. The van der Waals surface area contributed by atoms with E-state index in [2.05, 4.69) is 10.1 Å². The Balaban J connectivity index is 2.38. The molecule has 0 saturated carbocycles. The summed E-state index contributed by atoms with van der Waals surface area (Å²) in [7, 11) is -1.23. The SMILES string of the molecule is COC(=O)NS(=O)(=O)N(C)CCC1CCCCN1. The van der Waals surface area contributed by atoms with E-state index in [9.17, 15) is 13.2 Å². The van der Waals surface area contributed by atoms with Crippen LogP contribution < -0.4 is 10.0 Å². The van der Waals surface area contributed by atoms with Crippen LogP contribution >= 0.6 is 0 Å².